The van der Waals surface area contributed by atoms with Crippen molar-refractivity contribution in [2.45, 2.75) is 58.3 Å². The van der Waals surface area contributed by atoms with E-state index in [0.29, 0.717) is 31.0 Å². The van der Waals surface area contributed by atoms with Crippen molar-refractivity contribution in [3.8, 4) is 0 Å². The maximum Gasteiger partial charge on any atom is 0.416 e. The summed E-state index contributed by atoms with van der Waals surface area (Å²) >= 11 is 0. The fraction of sp³-hybridized carbons (Fsp3) is 0.600. The van der Waals surface area contributed by atoms with Crippen LogP contribution in [0.25, 0.3) is 0 Å². The number of hydrogen-bond donors (Lipinski definition) is 2. The van der Waals surface area contributed by atoms with Crippen molar-refractivity contribution in [2.75, 3.05) is 19.6 Å². The lowest BCUT2D eigenvalue weighted by atomic mass is 10.1. The van der Waals surface area contributed by atoms with Gasteiger partial charge in [0.2, 0.25) is 5.91 Å². The predicted molar refractivity (Wildman–Crippen MR) is 104 cm³/mol. The van der Waals surface area contributed by atoms with Gasteiger partial charge < -0.3 is 15.5 Å². The van der Waals surface area contributed by atoms with Gasteiger partial charge in [0.05, 0.1) is 12.1 Å². The lowest BCUT2D eigenvalue weighted by molar-refractivity contribution is -0.137. The number of amides is 1. The fourth-order valence-electron chi connectivity index (χ4n) is 3.35. The van der Waals surface area contributed by atoms with E-state index in [1.807, 2.05) is 11.8 Å². The van der Waals surface area contributed by atoms with Gasteiger partial charge in [0, 0.05) is 32.1 Å². The number of hydrogen-bond acceptors (Lipinski definition) is 2. The number of halogens is 3. The van der Waals surface area contributed by atoms with E-state index < -0.39 is 11.7 Å². The Morgan fingerprint density at radius 1 is 1.29 bits per heavy atom. The third-order valence-electron chi connectivity index (χ3n) is 4.81. The number of nitrogens with one attached hydrogen (secondary N) is 2. The van der Waals surface area contributed by atoms with E-state index in [0.717, 1.165) is 37.9 Å². The molecule has 1 aromatic carbocycles. The van der Waals surface area contributed by atoms with E-state index in [1.54, 1.807) is 6.07 Å². The van der Waals surface area contributed by atoms with Crippen LogP contribution in [-0.4, -0.2) is 42.4 Å². The highest BCUT2D eigenvalue weighted by molar-refractivity contribution is 5.80. The summed E-state index contributed by atoms with van der Waals surface area (Å²) in [5.41, 5.74) is -0.166. The molecule has 2 N–H and O–H groups in total. The second-order valence-electron chi connectivity index (χ2n) is 6.86. The Kier molecular flexibility index (Phi) is 8.14. The third-order valence-corrected chi connectivity index (χ3v) is 4.81. The molecule has 0 saturated carbocycles. The van der Waals surface area contributed by atoms with Crippen LogP contribution in [-0.2, 0) is 17.5 Å². The molecule has 1 atom stereocenters. The molecule has 5 nitrogen and oxygen atoms in total. The molecule has 1 aliphatic rings. The van der Waals surface area contributed by atoms with Gasteiger partial charge in [-0.2, -0.15) is 13.2 Å². The van der Waals surface area contributed by atoms with Gasteiger partial charge in [0.25, 0.3) is 0 Å². The van der Waals surface area contributed by atoms with Crippen molar-refractivity contribution in [3.05, 3.63) is 35.4 Å². The van der Waals surface area contributed by atoms with Gasteiger partial charge in [0.15, 0.2) is 5.96 Å². The van der Waals surface area contributed by atoms with E-state index in [2.05, 4.69) is 22.5 Å². The Hall–Kier alpha value is -2.25. The first-order valence-electron chi connectivity index (χ1n) is 9.83. The minimum absolute atomic E-state index is 0.154. The molecule has 156 valence electrons. The molecule has 0 spiro atoms. The standard InChI is InChI=1S/C20H29F3N4O/c1-3-17(27-12-6-9-18(27)28)10-11-25-19(24-4-2)26-14-15-7-5-8-16(13-15)20(21,22)23/h5,7-8,13,17H,3-4,6,9-12,14H2,1-2H3,(H2,24,25,26). The zero-order valence-corrected chi connectivity index (χ0v) is 16.5. The lowest BCUT2D eigenvalue weighted by Crippen LogP contribution is -2.42. The number of alkyl halides is 3. The van der Waals surface area contributed by atoms with Crippen molar-refractivity contribution in [2.24, 2.45) is 4.99 Å². The van der Waals surface area contributed by atoms with Gasteiger partial charge in [-0.15, -0.1) is 0 Å². The maximum absolute atomic E-state index is 12.8. The fourth-order valence-corrected chi connectivity index (χ4v) is 3.35. The number of nitrogens with zero attached hydrogens (tertiary/aromatic N) is 2. The van der Waals surface area contributed by atoms with Crippen molar-refractivity contribution < 1.29 is 18.0 Å². The normalized spacial score (nSPS) is 16.4. The monoisotopic (exact) mass is 398 g/mol. The quantitative estimate of drug-likeness (QED) is 0.520. The van der Waals surface area contributed by atoms with Crippen LogP contribution in [0, 0.1) is 0 Å². The van der Waals surface area contributed by atoms with Crippen LogP contribution < -0.4 is 10.6 Å². The van der Waals surface area contributed by atoms with Crippen molar-refractivity contribution in [3.63, 3.8) is 0 Å². The van der Waals surface area contributed by atoms with E-state index in [9.17, 15) is 18.0 Å². The average molecular weight is 398 g/mol. The Balaban J connectivity index is 1.92. The molecule has 8 heteroatoms. The summed E-state index contributed by atoms with van der Waals surface area (Å²) in [5, 5.41) is 6.32. The summed E-state index contributed by atoms with van der Waals surface area (Å²) in [6, 6.07) is 5.41. The first-order chi connectivity index (χ1) is 13.3. The summed E-state index contributed by atoms with van der Waals surface area (Å²) in [6.45, 7) is 6.26. The highest BCUT2D eigenvalue weighted by Gasteiger charge is 2.30. The predicted octanol–water partition coefficient (Wildman–Crippen LogP) is 3.55. The number of benzene rings is 1. The first kappa shape index (κ1) is 22.0. The van der Waals surface area contributed by atoms with Gasteiger partial charge in [0.1, 0.15) is 0 Å². The molecule has 1 unspecified atom stereocenters. The van der Waals surface area contributed by atoms with Crippen LogP contribution in [0.3, 0.4) is 0 Å². The maximum atomic E-state index is 12.8. The Morgan fingerprint density at radius 2 is 2.07 bits per heavy atom. The number of carbonyl (C=O) groups is 1. The summed E-state index contributed by atoms with van der Waals surface area (Å²) in [7, 11) is 0. The Morgan fingerprint density at radius 3 is 2.68 bits per heavy atom. The molecule has 1 saturated heterocycles. The Bertz CT molecular complexity index is 676. The van der Waals surface area contributed by atoms with Crippen molar-refractivity contribution in [1.29, 1.82) is 0 Å². The highest BCUT2D eigenvalue weighted by atomic mass is 19.4. The number of guanidine groups is 1. The molecular formula is C20H29F3N4O. The summed E-state index contributed by atoms with van der Waals surface area (Å²) in [4.78, 5) is 18.3. The van der Waals surface area contributed by atoms with Crippen LogP contribution in [0.2, 0.25) is 0 Å². The third kappa shape index (κ3) is 6.42. The van der Waals surface area contributed by atoms with Crippen LogP contribution in [0.1, 0.15) is 50.7 Å². The summed E-state index contributed by atoms with van der Waals surface area (Å²) in [5.74, 6) is 0.777. The van der Waals surface area contributed by atoms with E-state index in [1.165, 1.54) is 6.07 Å². The van der Waals surface area contributed by atoms with Gasteiger partial charge >= 0.3 is 6.18 Å². The van der Waals surface area contributed by atoms with E-state index in [-0.39, 0.29) is 18.5 Å². The molecule has 1 amide bonds. The average Bonchev–Trinajstić information content (AvgIpc) is 3.08. The number of likely N-dealkylation sites (tertiary alicyclic amines) is 1. The minimum atomic E-state index is -4.36. The molecule has 1 aromatic rings. The number of rotatable bonds is 8. The van der Waals surface area contributed by atoms with Crippen LogP contribution in [0.5, 0.6) is 0 Å². The van der Waals surface area contributed by atoms with Gasteiger partial charge in [-0.3, -0.25) is 4.79 Å². The molecule has 2 rings (SSSR count). The van der Waals surface area contributed by atoms with Crippen molar-refractivity contribution >= 4 is 11.9 Å². The highest BCUT2D eigenvalue weighted by Crippen LogP contribution is 2.29. The number of aliphatic imine (C=N–C) groups is 1. The van der Waals surface area contributed by atoms with E-state index >= 15 is 0 Å². The zero-order valence-electron chi connectivity index (χ0n) is 16.5. The molecule has 1 heterocycles. The van der Waals surface area contributed by atoms with Crippen molar-refractivity contribution in [1.82, 2.24) is 15.5 Å². The molecule has 0 bridgehead atoms. The molecule has 1 aliphatic heterocycles. The van der Waals surface area contributed by atoms with Crippen LogP contribution >= 0.6 is 0 Å². The first-order valence-corrected chi connectivity index (χ1v) is 9.83. The zero-order chi connectivity index (χ0) is 20.6. The summed E-state index contributed by atoms with van der Waals surface area (Å²) in [6.07, 6.45) is -1.11. The largest absolute Gasteiger partial charge is 0.416 e. The van der Waals surface area contributed by atoms with E-state index in [4.69, 9.17) is 0 Å². The smallest absolute Gasteiger partial charge is 0.357 e. The second kappa shape index (κ2) is 10.3. The second-order valence-corrected chi connectivity index (χ2v) is 6.86. The number of carbonyl (C=O) groups excluding carboxylic acids is 1. The lowest BCUT2D eigenvalue weighted by Gasteiger charge is -2.27. The molecule has 0 aliphatic carbocycles. The topological polar surface area (TPSA) is 56.7 Å². The SMILES string of the molecule is CCNC(=NCc1cccc(C(F)(F)F)c1)NCCC(CC)N1CCCC1=O. The van der Waals surface area contributed by atoms with Crippen LogP contribution in [0.15, 0.2) is 29.3 Å². The van der Waals surface area contributed by atoms with Gasteiger partial charge in [-0.05, 0) is 43.9 Å². The molecule has 0 radical (unpaired) electrons. The van der Waals surface area contributed by atoms with Gasteiger partial charge in [-0.25, -0.2) is 4.99 Å². The van der Waals surface area contributed by atoms with Crippen LogP contribution in [0.4, 0.5) is 13.2 Å². The Labute approximate surface area is 164 Å². The minimum Gasteiger partial charge on any atom is -0.357 e. The summed E-state index contributed by atoms with van der Waals surface area (Å²) < 4.78 is 38.5. The molecule has 0 aromatic heterocycles. The molecule has 28 heavy (non-hydrogen) atoms. The van der Waals surface area contributed by atoms with Gasteiger partial charge in [-0.1, -0.05) is 19.1 Å². The molecular weight excluding hydrogens is 369 g/mol. The molecule has 1 fully saturated rings.